The minimum atomic E-state index is 0.0485. The fraction of sp³-hybridized carbons (Fsp3) is 0.571. The van der Waals surface area contributed by atoms with Crippen molar-refractivity contribution in [1.82, 2.24) is 15.1 Å². The molecule has 0 saturated heterocycles. The highest BCUT2D eigenvalue weighted by atomic mass is 16.5. The van der Waals surface area contributed by atoms with Crippen molar-refractivity contribution in [3.05, 3.63) is 47.0 Å². The Labute approximate surface area is 211 Å². The summed E-state index contributed by atoms with van der Waals surface area (Å²) in [5.41, 5.74) is 3.64. The van der Waals surface area contributed by atoms with Crippen LogP contribution in [0.15, 0.2) is 30.3 Å². The Balaban J connectivity index is 1.80. The summed E-state index contributed by atoms with van der Waals surface area (Å²) in [7, 11) is 7.55. The Morgan fingerprint density at radius 3 is 2.26 bits per heavy atom. The Bertz CT molecular complexity index is 931. The number of rotatable bonds is 14. The van der Waals surface area contributed by atoms with Gasteiger partial charge in [0.15, 0.2) is 23.0 Å². The normalized spacial score (nSPS) is 15.3. The first-order valence-corrected chi connectivity index (χ1v) is 12.7. The van der Waals surface area contributed by atoms with E-state index in [0.717, 1.165) is 74.1 Å². The molecule has 2 aromatic carbocycles. The smallest absolute Gasteiger partial charge is 0.161 e. The molecule has 1 unspecified atom stereocenters. The summed E-state index contributed by atoms with van der Waals surface area (Å²) in [6, 6.07) is 10.6. The largest absolute Gasteiger partial charge is 0.493 e. The predicted octanol–water partition coefficient (Wildman–Crippen LogP) is 3.99. The Hall–Kier alpha value is -2.48. The van der Waals surface area contributed by atoms with Gasteiger partial charge in [0.25, 0.3) is 0 Å². The molecule has 0 bridgehead atoms. The maximum absolute atomic E-state index is 6.15. The lowest BCUT2D eigenvalue weighted by Crippen LogP contribution is -2.30. The Kier molecular flexibility index (Phi) is 10.5. The molecule has 7 nitrogen and oxygen atoms in total. The molecule has 0 saturated carbocycles. The second kappa shape index (κ2) is 13.6. The minimum absolute atomic E-state index is 0.0485. The van der Waals surface area contributed by atoms with E-state index in [2.05, 4.69) is 67.3 Å². The van der Waals surface area contributed by atoms with E-state index in [4.69, 9.17) is 18.9 Å². The Morgan fingerprint density at radius 1 is 0.857 bits per heavy atom. The molecule has 0 aromatic heterocycles. The number of hydrogen-bond donors (Lipinski definition) is 1. The third-order valence-corrected chi connectivity index (χ3v) is 6.57. The van der Waals surface area contributed by atoms with E-state index in [-0.39, 0.29) is 6.04 Å². The molecule has 0 radical (unpaired) electrons. The van der Waals surface area contributed by atoms with Crippen molar-refractivity contribution in [2.75, 3.05) is 74.3 Å². The monoisotopic (exact) mass is 485 g/mol. The van der Waals surface area contributed by atoms with Crippen LogP contribution in [-0.4, -0.2) is 84.1 Å². The van der Waals surface area contributed by atoms with Crippen LogP contribution in [0.4, 0.5) is 0 Å². The average molecular weight is 486 g/mol. The molecular weight excluding hydrogens is 442 g/mol. The van der Waals surface area contributed by atoms with Gasteiger partial charge in [0.05, 0.1) is 26.9 Å². The van der Waals surface area contributed by atoms with E-state index in [1.54, 1.807) is 14.2 Å². The summed E-state index contributed by atoms with van der Waals surface area (Å²) in [4.78, 5) is 4.51. The van der Waals surface area contributed by atoms with Crippen molar-refractivity contribution in [1.29, 1.82) is 0 Å². The van der Waals surface area contributed by atoms with Crippen LogP contribution in [-0.2, 0) is 6.42 Å². The average Bonchev–Trinajstić information content (AvgIpc) is 2.88. The SMILES string of the molecule is CCN(CC)CCOc1ccc(C2NCCc3cc(OC)c(OCCCN(C)C)cc32)cc1OC. The molecule has 1 N–H and O–H groups in total. The topological polar surface area (TPSA) is 55.4 Å². The first-order valence-electron chi connectivity index (χ1n) is 12.7. The molecule has 1 atom stereocenters. The van der Waals surface area contributed by atoms with Crippen molar-refractivity contribution in [3.63, 3.8) is 0 Å². The predicted molar refractivity (Wildman–Crippen MR) is 141 cm³/mol. The van der Waals surface area contributed by atoms with Gasteiger partial charge in [-0.2, -0.15) is 0 Å². The van der Waals surface area contributed by atoms with Crippen LogP contribution < -0.4 is 24.3 Å². The first kappa shape index (κ1) is 27.1. The molecule has 194 valence electrons. The fourth-order valence-electron chi connectivity index (χ4n) is 4.50. The second-order valence-electron chi connectivity index (χ2n) is 9.13. The van der Waals surface area contributed by atoms with E-state index < -0.39 is 0 Å². The highest BCUT2D eigenvalue weighted by molar-refractivity contribution is 5.53. The number of nitrogens with one attached hydrogen (secondary N) is 1. The summed E-state index contributed by atoms with van der Waals surface area (Å²) in [6.45, 7) is 10.5. The van der Waals surface area contributed by atoms with Gasteiger partial charge in [-0.15, -0.1) is 0 Å². The molecule has 2 aromatic rings. The number of likely N-dealkylation sites (N-methyl/N-ethyl adjacent to an activating group) is 1. The quantitative estimate of drug-likeness (QED) is 0.406. The van der Waals surface area contributed by atoms with E-state index in [1.807, 2.05) is 6.07 Å². The molecule has 0 aliphatic carbocycles. The summed E-state index contributed by atoms with van der Waals surface area (Å²) < 4.78 is 23.6. The number of benzene rings is 2. The van der Waals surface area contributed by atoms with Gasteiger partial charge in [0.1, 0.15) is 6.61 Å². The summed E-state index contributed by atoms with van der Waals surface area (Å²) in [6.07, 6.45) is 1.91. The molecule has 0 fully saturated rings. The maximum atomic E-state index is 6.15. The van der Waals surface area contributed by atoms with E-state index >= 15 is 0 Å². The second-order valence-corrected chi connectivity index (χ2v) is 9.13. The van der Waals surface area contributed by atoms with Crippen molar-refractivity contribution >= 4 is 0 Å². The van der Waals surface area contributed by atoms with Gasteiger partial charge < -0.3 is 34.1 Å². The van der Waals surface area contributed by atoms with Crippen molar-refractivity contribution in [2.45, 2.75) is 32.7 Å². The number of hydrogen-bond acceptors (Lipinski definition) is 7. The van der Waals surface area contributed by atoms with Crippen LogP contribution in [0.5, 0.6) is 23.0 Å². The minimum Gasteiger partial charge on any atom is -0.493 e. The molecular formula is C28H43N3O4. The molecule has 0 amide bonds. The van der Waals surface area contributed by atoms with Crippen LogP contribution in [0, 0.1) is 0 Å². The summed E-state index contributed by atoms with van der Waals surface area (Å²) in [5.74, 6) is 3.12. The zero-order chi connectivity index (χ0) is 25.2. The zero-order valence-electron chi connectivity index (χ0n) is 22.4. The molecule has 7 heteroatoms. The maximum Gasteiger partial charge on any atom is 0.161 e. The van der Waals surface area contributed by atoms with Crippen LogP contribution in [0.3, 0.4) is 0 Å². The first-order chi connectivity index (χ1) is 17.0. The standard InChI is InChI=1S/C28H43N3O4/c1-7-31(8-2)15-17-35-24-11-10-22(19-25(24)32-5)28-23-20-27(34-16-9-14-30(3)4)26(33-6)18-21(23)12-13-29-28/h10-11,18-20,28-29H,7-9,12-17H2,1-6H3. The van der Waals surface area contributed by atoms with Gasteiger partial charge in [0.2, 0.25) is 0 Å². The van der Waals surface area contributed by atoms with Gasteiger partial charge in [-0.25, -0.2) is 0 Å². The van der Waals surface area contributed by atoms with Crippen LogP contribution >= 0.6 is 0 Å². The van der Waals surface area contributed by atoms with Crippen molar-refractivity contribution in [2.24, 2.45) is 0 Å². The molecule has 3 rings (SSSR count). The van der Waals surface area contributed by atoms with Gasteiger partial charge in [-0.3, -0.25) is 0 Å². The van der Waals surface area contributed by atoms with Crippen LogP contribution in [0.2, 0.25) is 0 Å². The van der Waals surface area contributed by atoms with E-state index in [1.165, 1.54) is 11.1 Å². The number of ether oxygens (including phenoxy) is 4. The third kappa shape index (κ3) is 7.26. The summed E-state index contributed by atoms with van der Waals surface area (Å²) in [5, 5.41) is 3.68. The number of fused-ring (bicyclic) bond motifs is 1. The highest BCUT2D eigenvalue weighted by Gasteiger charge is 2.25. The van der Waals surface area contributed by atoms with Crippen molar-refractivity contribution in [3.8, 4) is 23.0 Å². The highest BCUT2D eigenvalue weighted by Crippen LogP contribution is 2.39. The molecule has 0 spiro atoms. The van der Waals surface area contributed by atoms with Crippen molar-refractivity contribution < 1.29 is 18.9 Å². The summed E-state index contributed by atoms with van der Waals surface area (Å²) >= 11 is 0. The van der Waals surface area contributed by atoms with Gasteiger partial charge in [-0.1, -0.05) is 19.9 Å². The molecule has 1 heterocycles. The van der Waals surface area contributed by atoms with Gasteiger partial charge >= 0.3 is 0 Å². The molecule has 1 aliphatic rings. The molecule has 1 aliphatic heterocycles. The fourth-order valence-corrected chi connectivity index (χ4v) is 4.50. The lowest BCUT2D eigenvalue weighted by molar-refractivity contribution is 0.217. The zero-order valence-corrected chi connectivity index (χ0v) is 22.4. The lowest BCUT2D eigenvalue weighted by atomic mass is 9.89. The van der Waals surface area contributed by atoms with E-state index in [9.17, 15) is 0 Å². The van der Waals surface area contributed by atoms with Crippen LogP contribution in [0.1, 0.15) is 43.0 Å². The number of nitrogens with zero attached hydrogens (tertiary/aromatic N) is 2. The Morgan fingerprint density at radius 2 is 1.57 bits per heavy atom. The number of methoxy groups -OCH3 is 2. The molecule has 35 heavy (non-hydrogen) atoms. The third-order valence-electron chi connectivity index (χ3n) is 6.57. The lowest BCUT2D eigenvalue weighted by Gasteiger charge is -2.29. The van der Waals surface area contributed by atoms with Gasteiger partial charge in [-0.05, 0) is 81.0 Å². The van der Waals surface area contributed by atoms with Crippen LogP contribution in [0.25, 0.3) is 0 Å². The van der Waals surface area contributed by atoms with E-state index in [0.29, 0.717) is 13.2 Å². The van der Waals surface area contributed by atoms with Gasteiger partial charge in [0, 0.05) is 19.6 Å².